The lowest BCUT2D eigenvalue weighted by molar-refractivity contribution is 0.0979. The van der Waals surface area contributed by atoms with Gasteiger partial charge in [0, 0.05) is 23.2 Å². The van der Waals surface area contributed by atoms with Crippen molar-refractivity contribution in [2.75, 3.05) is 37.9 Å². The van der Waals surface area contributed by atoms with Crippen molar-refractivity contribution in [3.63, 3.8) is 0 Å². The number of nitrogens with zero attached hydrogens (tertiary/aromatic N) is 2. The van der Waals surface area contributed by atoms with Crippen molar-refractivity contribution in [3.8, 4) is 11.5 Å². The summed E-state index contributed by atoms with van der Waals surface area (Å²) in [4.78, 5) is 17.5. The number of anilines is 1. The van der Waals surface area contributed by atoms with Crippen molar-refractivity contribution < 1.29 is 14.3 Å². The molecule has 0 aromatic heterocycles. The van der Waals surface area contributed by atoms with E-state index in [4.69, 9.17) is 9.47 Å². The number of fused-ring (bicyclic) bond motifs is 1. The predicted molar refractivity (Wildman–Crippen MR) is 106 cm³/mol. The molecule has 0 radical (unpaired) electrons. The van der Waals surface area contributed by atoms with Gasteiger partial charge in [-0.25, -0.2) is 0 Å². The lowest BCUT2D eigenvalue weighted by atomic mass is 10.1. The zero-order chi connectivity index (χ0) is 18.5. The Labute approximate surface area is 162 Å². The highest BCUT2D eigenvalue weighted by Gasteiger charge is 2.26. The molecule has 0 unspecified atom stereocenters. The third-order valence-corrected chi connectivity index (χ3v) is 5.02. The third kappa shape index (κ3) is 4.02. The van der Waals surface area contributed by atoms with Crippen LogP contribution in [0.25, 0.3) is 0 Å². The van der Waals surface area contributed by atoms with Crippen molar-refractivity contribution in [2.45, 2.75) is 13.8 Å². The first-order valence-electron chi connectivity index (χ1n) is 8.82. The van der Waals surface area contributed by atoms with E-state index in [1.807, 2.05) is 36.4 Å². The second kappa shape index (κ2) is 8.56. The van der Waals surface area contributed by atoms with E-state index in [9.17, 15) is 4.79 Å². The van der Waals surface area contributed by atoms with Gasteiger partial charge in [-0.05, 0) is 43.4 Å². The fourth-order valence-corrected chi connectivity index (χ4v) is 3.40. The molecule has 1 aliphatic heterocycles. The van der Waals surface area contributed by atoms with Gasteiger partial charge in [-0.1, -0.05) is 41.9 Å². The molecular weight excluding hydrogens is 396 g/mol. The summed E-state index contributed by atoms with van der Waals surface area (Å²) in [6, 6.07) is 13.2. The Bertz CT molecular complexity index is 777. The lowest BCUT2D eigenvalue weighted by Crippen LogP contribution is -2.39. The predicted octanol–water partition coefficient (Wildman–Crippen LogP) is 4.17. The van der Waals surface area contributed by atoms with Gasteiger partial charge in [-0.15, -0.1) is 0 Å². The lowest BCUT2D eigenvalue weighted by Gasteiger charge is -2.27. The molecule has 1 amide bonds. The number of rotatable bonds is 7. The molecule has 26 heavy (non-hydrogen) atoms. The van der Waals surface area contributed by atoms with Crippen LogP contribution in [-0.2, 0) is 0 Å². The van der Waals surface area contributed by atoms with E-state index in [-0.39, 0.29) is 12.7 Å². The first kappa shape index (κ1) is 18.7. The van der Waals surface area contributed by atoms with Crippen molar-refractivity contribution >= 4 is 27.5 Å². The third-order valence-electron chi connectivity index (χ3n) is 4.53. The van der Waals surface area contributed by atoms with E-state index in [0.717, 1.165) is 29.8 Å². The summed E-state index contributed by atoms with van der Waals surface area (Å²) in [6.45, 7) is 7.71. The summed E-state index contributed by atoms with van der Waals surface area (Å²) in [5, 5.41) is 0. The van der Waals surface area contributed by atoms with Crippen molar-refractivity contribution in [3.05, 3.63) is 52.5 Å². The smallest absolute Gasteiger partial charge is 0.262 e. The Morgan fingerprint density at radius 3 is 2.58 bits per heavy atom. The number of amides is 1. The molecule has 2 aromatic rings. The topological polar surface area (TPSA) is 42.0 Å². The van der Waals surface area contributed by atoms with E-state index >= 15 is 0 Å². The van der Waals surface area contributed by atoms with Gasteiger partial charge in [0.05, 0.1) is 5.56 Å². The molecule has 0 fully saturated rings. The Hall–Kier alpha value is -2.05. The Morgan fingerprint density at radius 1 is 1.08 bits per heavy atom. The second-order valence-corrected chi connectivity index (χ2v) is 6.92. The summed E-state index contributed by atoms with van der Waals surface area (Å²) < 4.78 is 11.9. The zero-order valence-corrected chi connectivity index (χ0v) is 16.7. The van der Waals surface area contributed by atoms with Gasteiger partial charge < -0.3 is 19.3 Å². The van der Waals surface area contributed by atoms with E-state index in [1.165, 1.54) is 0 Å². The maximum Gasteiger partial charge on any atom is 0.262 e. The number of likely N-dealkylation sites (N-methyl/N-ethyl adjacent to an activating group) is 1. The normalized spacial score (nSPS) is 12.5. The molecular formula is C20H23BrN2O3. The van der Waals surface area contributed by atoms with E-state index < -0.39 is 0 Å². The number of hydrogen-bond donors (Lipinski definition) is 0. The fourth-order valence-electron chi connectivity index (χ4n) is 3.02. The van der Waals surface area contributed by atoms with Gasteiger partial charge in [-0.2, -0.15) is 0 Å². The standard InChI is InChI=1S/C20H23BrN2O3/c1-3-22(4-2)11-12-23(16-8-5-7-15(21)13-16)20(24)17-9-6-10-18-19(17)26-14-25-18/h5-10,13H,3-4,11-12,14H2,1-2H3. The molecule has 0 spiro atoms. The van der Waals surface area contributed by atoms with Crippen LogP contribution in [0.4, 0.5) is 5.69 Å². The maximum absolute atomic E-state index is 13.4. The van der Waals surface area contributed by atoms with Crippen LogP contribution in [0.1, 0.15) is 24.2 Å². The van der Waals surface area contributed by atoms with Gasteiger partial charge >= 0.3 is 0 Å². The molecule has 138 valence electrons. The minimum atomic E-state index is -0.0855. The maximum atomic E-state index is 13.4. The van der Waals surface area contributed by atoms with Crippen LogP contribution < -0.4 is 14.4 Å². The van der Waals surface area contributed by atoms with Crippen molar-refractivity contribution in [1.82, 2.24) is 4.90 Å². The largest absolute Gasteiger partial charge is 0.454 e. The molecule has 0 N–H and O–H groups in total. The second-order valence-electron chi connectivity index (χ2n) is 6.00. The molecule has 6 heteroatoms. The van der Waals surface area contributed by atoms with Crippen LogP contribution >= 0.6 is 15.9 Å². The minimum absolute atomic E-state index is 0.0855. The van der Waals surface area contributed by atoms with Gasteiger partial charge in [-0.3, -0.25) is 4.79 Å². The first-order valence-corrected chi connectivity index (χ1v) is 9.61. The number of carbonyl (C=O) groups excluding carboxylic acids is 1. The monoisotopic (exact) mass is 418 g/mol. The fraction of sp³-hybridized carbons (Fsp3) is 0.350. The van der Waals surface area contributed by atoms with Gasteiger partial charge in [0.15, 0.2) is 11.5 Å². The highest BCUT2D eigenvalue weighted by atomic mass is 79.9. The van der Waals surface area contributed by atoms with Crippen LogP contribution in [0.3, 0.4) is 0 Å². The molecule has 1 heterocycles. The zero-order valence-electron chi connectivity index (χ0n) is 15.1. The summed E-state index contributed by atoms with van der Waals surface area (Å²) in [5.74, 6) is 1.06. The summed E-state index contributed by atoms with van der Waals surface area (Å²) >= 11 is 3.50. The summed E-state index contributed by atoms with van der Waals surface area (Å²) in [7, 11) is 0. The quantitative estimate of drug-likeness (QED) is 0.676. The summed E-state index contributed by atoms with van der Waals surface area (Å²) in [5.41, 5.74) is 1.38. The average molecular weight is 419 g/mol. The molecule has 1 aliphatic rings. The Kier molecular flexibility index (Phi) is 6.16. The van der Waals surface area contributed by atoms with Crippen LogP contribution in [0.15, 0.2) is 46.9 Å². The van der Waals surface area contributed by atoms with E-state index in [2.05, 4.69) is 34.7 Å². The molecule has 3 rings (SSSR count). The number of halogens is 1. The molecule has 5 nitrogen and oxygen atoms in total. The molecule has 2 aromatic carbocycles. The van der Waals surface area contributed by atoms with Crippen LogP contribution in [0, 0.1) is 0 Å². The van der Waals surface area contributed by atoms with Crippen molar-refractivity contribution in [2.24, 2.45) is 0 Å². The minimum Gasteiger partial charge on any atom is -0.454 e. The van der Waals surface area contributed by atoms with Crippen LogP contribution in [0.5, 0.6) is 11.5 Å². The molecule has 0 saturated heterocycles. The SMILES string of the molecule is CCN(CC)CCN(C(=O)c1cccc2c1OCO2)c1cccc(Br)c1. The van der Waals surface area contributed by atoms with Crippen LogP contribution in [-0.4, -0.2) is 43.8 Å². The highest BCUT2D eigenvalue weighted by molar-refractivity contribution is 9.10. The molecule has 0 aliphatic carbocycles. The highest BCUT2D eigenvalue weighted by Crippen LogP contribution is 2.36. The van der Waals surface area contributed by atoms with Crippen molar-refractivity contribution in [1.29, 1.82) is 0 Å². The number of para-hydroxylation sites is 1. The molecule has 0 bridgehead atoms. The van der Waals surface area contributed by atoms with Gasteiger partial charge in [0.1, 0.15) is 0 Å². The Morgan fingerprint density at radius 2 is 1.85 bits per heavy atom. The molecule has 0 saturated carbocycles. The van der Waals surface area contributed by atoms with Gasteiger partial charge in [0.25, 0.3) is 5.91 Å². The average Bonchev–Trinajstić information content (AvgIpc) is 3.14. The van der Waals surface area contributed by atoms with Crippen LogP contribution in [0.2, 0.25) is 0 Å². The Balaban J connectivity index is 1.92. The number of ether oxygens (including phenoxy) is 2. The van der Waals surface area contributed by atoms with Gasteiger partial charge in [0.2, 0.25) is 6.79 Å². The number of benzene rings is 2. The first-order chi connectivity index (χ1) is 12.6. The van der Waals surface area contributed by atoms with E-state index in [0.29, 0.717) is 23.6 Å². The number of hydrogen-bond acceptors (Lipinski definition) is 4. The molecule has 0 atom stereocenters. The van der Waals surface area contributed by atoms with E-state index in [1.54, 1.807) is 11.0 Å². The summed E-state index contributed by atoms with van der Waals surface area (Å²) in [6.07, 6.45) is 0. The number of carbonyl (C=O) groups is 1.